The molecule has 1 aromatic heterocycles. The number of hydrogen-bond acceptors (Lipinski definition) is 5. The number of carbonyl (C=O) groups excluding carboxylic acids is 1. The molecule has 2 heterocycles. The molecule has 1 saturated heterocycles. The van der Waals surface area contributed by atoms with Crippen LogP contribution in [-0.2, 0) is 11.3 Å². The maximum Gasteiger partial charge on any atom is 0.266 e. The van der Waals surface area contributed by atoms with E-state index in [2.05, 4.69) is 4.98 Å². The van der Waals surface area contributed by atoms with Gasteiger partial charge in [0.15, 0.2) is 0 Å². The van der Waals surface area contributed by atoms with Crippen molar-refractivity contribution >= 4 is 63.2 Å². The van der Waals surface area contributed by atoms with E-state index >= 15 is 0 Å². The average Bonchev–Trinajstić information content (AvgIpc) is 3.25. The average molecular weight is 429 g/mol. The van der Waals surface area contributed by atoms with Crippen molar-refractivity contribution in [2.45, 2.75) is 6.54 Å². The topological polar surface area (TPSA) is 33.2 Å². The molecule has 2 aromatic carbocycles. The van der Waals surface area contributed by atoms with Gasteiger partial charge in [0, 0.05) is 16.0 Å². The second-order valence-corrected chi connectivity index (χ2v) is 8.74. The highest BCUT2D eigenvalue weighted by molar-refractivity contribution is 8.26. The molecule has 7 heteroatoms. The first-order chi connectivity index (χ1) is 13.1. The van der Waals surface area contributed by atoms with Gasteiger partial charge in [-0.25, -0.2) is 4.98 Å². The summed E-state index contributed by atoms with van der Waals surface area (Å²) in [5.74, 6) is -0.112. The van der Waals surface area contributed by atoms with Crippen LogP contribution in [0, 0.1) is 0 Å². The molecule has 3 nitrogen and oxygen atoms in total. The smallest absolute Gasteiger partial charge is 0.266 e. The summed E-state index contributed by atoms with van der Waals surface area (Å²) in [7, 11) is 0. The van der Waals surface area contributed by atoms with Crippen LogP contribution in [0.2, 0.25) is 5.02 Å². The molecule has 0 unspecified atom stereocenters. The van der Waals surface area contributed by atoms with E-state index < -0.39 is 0 Å². The molecule has 1 aliphatic rings. The number of aromatic nitrogens is 1. The van der Waals surface area contributed by atoms with Gasteiger partial charge in [0.25, 0.3) is 5.91 Å². The summed E-state index contributed by atoms with van der Waals surface area (Å²) < 4.78 is 0.532. The molecular weight excluding hydrogens is 416 g/mol. The lowest BCUT2D eigenvalue weighted by Crippen LogP contribution is -2.27. The number of carbonyl (C=O) groups is 1. The molecule has 0 N–H and O–H groups in total. The van der Waals surface area contributed by atoms with Gasteiger partial charge in [-0.2, -0.15) is 0 Å². The first-order valence-electron chi connectivity index (χ1n) is 8.11. The van der Waals surface area contributed by atoms with Crippen LogP contribution in [0.4, 0.5) is 0 Å². The Morgan fingerprint density at radius 2 is 1.85 bits per heavy atom. The zero-order chi connectivity index (χ0) is 18.8. The fourth-order valence-electron chi connectivity index (χ4n) is 2.63. The molecule has 0 radical (unpaired) electrons. The van der Waals surface area contributed by atoms with Crippen molar-refractivity contribution in [3.05, 3.63) is 81.2 Å². The molecule has 4 rings (SSSR count). The second kappa shape index (κ2) is 7.94. The van der Waals surface area contributed by atoms with Crippen molar-refractivity contribution in [1.82, 2.24) is 9.88 Å². The van der Waals surface area contributed by atoms with Gasteiger partial charge in [-0.15, -0.1) is 11.3 Å². The quantitative estimate of drug-likeness (QED) is 0.384. The van der Waals surface area contributed by atoms with Crippen molar-refractivity contribution in [2.75, 3.05) is 0 Å². The van der Waals surface area contributed by atoms with E-state index in [0.29, 0.717) is 20.8 Å². The lowest BCUT2D eigenvalue weighted by Gasteiger charge is -2.15. The van der Waals surface area contributed by atoms with Crippen molar-refractivity contribution in [3.8, 4) is 10.6 Å². The van der Waals surface area contributed by atoms with Crippen LogP contribution in [0.5, 0.6) is 0 Å². The summed E-state index contributed by atoms with van der Waals surface area (Å²) in [5.41, 5.74) is 2.70. The van der Waals surface area contributed by atoms with E-state index in [9.17, 15) is 4.79 Å². The van der Waals surface area contributed by atoms with Crippen LogP contribution in [0.25, 0.3) is 16.6 Å². The van der Waals surface area contributed by atoms with E-state index in [0.717, 1.165) is 21.8 Å². The predicted molar refractivity (Wildman–Crippen MR) is 118 cm³/mol. The highest BCUT2D eigenvalue weighted by Crippen LogP contribution is 2.35. The molecule has 0 aliphatic carbocycles. The van der Waals surface area contributed by atoms with Gasteiger partial charge in [0.1, 0.15) is 9.33 Å². The molecule has 134 valence electrons. The van der Waals surface area contributed by atoms with Crippen LogP contribution in [0.3, 0.4) is 0 Å². The highest BCUT2D eigenvalue weighted by Gasteiger charge is 2.32. The van der Waals surface area contributed by atoms with Gasteiger partial charge in [-0.1, -0.05) is 84.1 Å². The zero-order valence-electron chi connectivity index (χ0n) is 14.0. The molecular formula is C20H13ClN2OS3. The number of thiazole rings is 1. The van der Waals surface area contributed by atoms with E-state index in [4.69, 9.17) is 23.8 Å². The van der Waals surface area contributed by atoms with Crippen molar-refractivity contribution in [2.24, 2.45) is 0 Å². The lowest BCUT2D eigenvalue weighted by molar-refractivity contribution is -0.122. The Hall–Kier alpha value is -1.99. The Kier molecular flexibility index (Phi) is 5.41. The summed E-state index contributed by atoms with van der Waals surface area (Å²) in [6.07, 6.45) is 1.80. The van der Waals surface area contributed by atoms with Gasteiger partial charge in [-0.05, 0) is 17.7 Å². The van der Waals surface area contributed by atoms with E-state index in [-0.39, 0.29) is 5.91 Å². The third-order valence-corrected chi connectivity index (χ3v) is 6.64. The minimum atomic E-state index is -0.112. The third kappa shape index (κ3) is 3.99. The number of rotatable bonds is 4. The van der Waals surface area contributed by atoms with E-state index in [1.165, 1.54) is 11.8 Å². The number of benzene rings is 2. The fourth-order valence-corrected chi connectivity index (χ4v) is 4.85. The number of amides is 1. The highest BCUT2D eigenvalue weighted by atomic mass is 35.5. The molecule has 1 amide bonds. The molecule has 3 aromatic rings. The summed E-state index contributed by atoms with van der Waals surface area (Å²) in [6, 6.07) is 17.5. The summed E-state index contributed by atoms with van der Waals surface area (Å²) in [6.45, 7) is 0.369. The van der Waals surface area contributed by atoms with Crippen LogP contribution < -0.4 is 0 Å². The Morgan fingerprint density at radius 3 is 2.63 bits per heavy atom. The van der Waals surface area contributed by atoms with E-state index in [1.54, 1.807) is 22.3 Å². The first-order valence-corrected chi connectivity index (χ1v) is 10.6. The van der Waals surface area contributed by atoms with Gasteiger partial charge < -0.3 is 0 Å². The Balaban J connectivity index is 1.55. The standard InChI is InChI=1S/C20H13ClN2OS3/c21-16-9-5-4-8-14(16)11-23-19(24)17(27-20(23)25)10-15-12-26-18(22-15)13-6-2-1-3-7-13/h1-10,12H,11H2/b17-10-. The Labute approximate surface area is 175 Å². The lowest BCUT2D eigenvalue weighted by atomic mass is 10.2. The molecule has 27 heavy (non-hydrogen) atoms. The molecule has 0 bridgehead atoms. The van der Waals surface area contributed by atoms with Crippen molar-refractivity contribution in [1.29, 1.82) is 0 Å². The second-order valence-electron chi connectivity index (χ2n) is 5.80. The van der Waals surface area contributed by atoms with Crippen LogP contribution >= 0.6 is 46.9 Å². The minimum Gasteiger partial charge on any atom is -0.288 e. The number of hydrogen-bond donors (Lipinski definition) is 0. The summed E-state index contributed by atoms with van der Waals surface area (Å²) in [5, 5.41) is 3.50. The Morgan fingerprint density at radius 1 is 1.11 bits per heavy atom. The number of thioether (sulfide) groups is 1. The summed E-state index contributed by atoms with van der Waals surface area (Å²) >= 11 is 14.5. The van der Waals surface area contributed by atoms with Gasteiger partial charge >= 0.3 is 0 Å². The number of nitrogens with zero attached hydrogens (tertiary/aromatic N) is 2. The molecule has 1 aliphatic heterocycles. The predicted octanol–water partition coefficient (Wildman–Crippen LogP) is 5.86. The van der Waals surface area contributed by atoms with Gasteiger partial charge in [-0.3, -0.25) is 9.69 Å². The normalized spacial score (nSPS) is 15.7. The van der Waals surface area contributed by atoms with Crippen molar-refractivity contribution < 1.29 is 4.79 Å². The van der Waals surface area contributed by atoms with Gasteiger partial charge in [0.2, 0.25) is 0 Å². The third-order valence-electron chi connectivity index (χ3n) is 3.98. The Bertz CT molecular complexity index is 1050. The number of thiocarbonyl (C=S) groups is 1. The maximum absolute atomic E-state index is 12.8. The van der Waals surface area contributed by atoms with Crippen LogP contribution in [0.1, 0.15) is 11.3 Å². The molecule has 0 atom stereocenters. The molecule has 1 fully saturated rings. The molecule has 0 saturated carbocycles. The monoisotopic (exact) mass is 428 g/mol. The number of halogens is 1. The van der Waals surface area contributed by atoms with E-state index in [1.807, 2.05) is 60.0 Å². The fraction of sp³-hybridized carbons (Fsp3) is 0.0500. The van der Waals surface area contributed by atoms with Crippen molar-refractivity contribution in [3.63, 3.8) is 0 Å². The maximum atomic E-state index is 12.8. The molecule has 0 spiro atoms. The van der Waals surface area contributed by atoms with Crippen LogP contribution in [0.15, 0.2) is 64.9 Å². The zero-order valence-corrected chi connectivity index (χ0v) is 17.2. The van der Waals surface area contributed by atoms with Gasteiger partial charge in [0.05, 0.1) is 17.1 Å². The SMILES string of the molecule is O=C1/C(=C/c2csc(-c3ccccc3)n2)SC(=S)N1Cc1ccccc1Cl. The first kappa shape index (κ1) is 18.4. The largest absolute Gasteiger partial charge is 0.288 e. The van der Waals surface area contributed by atoms with Crippen LogP contribution in [-0.4, -0.2) is 20.1 Å². The minimum absolute atomic E-state index is 0.112. The summed E-state index contributed by atoms with van der Waals surface area (Å²) in [4.78, 5) is 19.6.